The molecule has 1 amide bonds. The molecule has 1 N–H and O–H groups in total. The van der Waals surface area contributed by atoms with Crippen LogP contribution >= 0.6 is 11.6 Å². The number of aryl methyl sites for hydroxylation is 1. The molecule has 0 saturated carbocycles. The zero-order valence-corrected chi connectivity index (χ0v) is 12.2. The molecule has 1 fully saturated rings. The van der Waals surface area contributed by atoms with Gasteiger partial charge in [0.25, 0.3) is 5.91 Å². The van der Waals surface area contributed by atoms with E-state index in [-0.39, 0.29) is 18.2 Å². The van der Waals surface area contributed by atoms with Crippen LogP contribution in [0.15, 0.2) is 18.2 Å². The first kappa shape index (κ1) is 14.9. The van der Waals surface area contributed by atoms with E-state index in [0.29, 0.717) is 23.7 Å². The largest absolute Gasteiger partial charge is 0.481 e. The van der Waals surface area contributed by atoms with Crippen LogP contribution in [0.1, 0.15) is 35.2 Å². The summed E-state index contributed by atoms with van der Waals surface area (Å²) in [5, 5.41) is 9.35. The Morgan fingerprint density at radius 2 is 2.20 bits per heavy atom. The Balaban J connectivity index is 2.12. The number of amides is 1. The standard InChI is InChI=1S/C15H18ClNO3/c1-10-4-2-6-12(14(10)16)15(20)17-7-3-5-11(9-17)8-13(18)19/h2,4,6,11H,3,5,7-9H2,1H3,(H,18,19). The van der Waals surface area contributed by atoms with Crippen molar-refractivity contribution in [1.82, 2.24) is 4.90 Å². The molecule has 0 aromatic heterocycles. The molecule has 1 heterocycles. The van der Waals surface area contributed by atoms with Crippen LogP contribution in [-0.2, 0) is 4.79 Å². The maximum atomic E-state index is 12.5. The van der Waals surface area contributed by atoms with Gasteiger partial charge in [0, 0.05) is 19.5 Å². The van der Waals surface area contributed by atoms with Gasteiger partial charge in [0.05, 0.1) is 10.6 Å². The third-order valence-electron chi connectivity index (χ3n) is 3.69. The molecule has 20 heavy (non-hydrogen) atoms. The van der Waals surface area contributed by atoms with Crippen molar-refractivity contribution in [3.63, 3.8) is 0 Å². The molecule has 5 heteroatoms. The lowest BCUT2D eigenvalue weighted by atomic mass is 9.94. The molecule has 0 aliphatic carbocycles. The number of halogens is 1. The molecule has 1 saturated heterocycles. The summed E-state index contributed by atoms with van der Waals surface area (Å²) >= 11 is 6.19. The van der Waals surface area contributed by atoms with Crippen LogP contribution in [-0.4, -0.2) is 35.0 Å². The predicted molar refractivity (Wildman–Crippen MR) is 77.1 cm³/mol. The highest BCUT2D eigenvalue weighted by Gasteiger charge is 2.27. The summed E-state index contributed by atoms with van der Waals surface area (Å²) in [6, 6.07) is 5.40. The van der Waals surface area contributed by atoms with E-state index in [1.54, 1.807) is 11.0 Å². The van der Waals surface area contributed by atoms with Crippen LogP contribution in [0, 0.1) is 12.8 Å². The van der Waals surface area contributed by atoms with Crippen LogP contribution < -0.4 is 0 Å². The Kier molecular flexibility index (Phi) is 4.65. The van der Waals surface area contributed by atoms with E-state index in [1.165, 1.54) is 0 Å². The van der Waals surface area contributed by atoms with E-state index in [1.807, 2.05) is 19.1 Å². The van der Waals surface area contributed by atoms with Gasteiger partial charge in [0.1, 0.15) is 0 Å². The number of hydrogen-bond acceptors (Lipinski definition) is 2. The zero-order valence-electron chi connectivity index (χ0n) is 11.4. The number of rotatable bonds is 3. The molecule has 2 rings (SSSR count). The first-order valence-electron chi connectivity index (χ1n) is 6.75. The molecular weight excluding hydrogens is 278 g/mol. The number of piperidine rings is 1. The van der Waals surface area contributed by atoms with E-state index in [4.69, 9.17) is 16.7 Å². The lowest BCUT2D eigenvalue weighted by molar-refractivity contribution is -0.138. The average molecular weight is 296 g/mol. The van der Waals surface area contributed by atoms with Crippen molar-refractivity contribution < 1.29 is 14.7 Å². The van der Waals surface area contributed by atoms with Crippen molar-refractivity contribution >= 4 is 23.5 Å². The van der Waals surface area contributed by atoms with Gasteiger partial charge in [-0.2, -0.15) is 0 Å². The number of carbonyl (C=O) groups is 2. The van der Waals surface area contributed by atoms with Crippen molar-refractivity contribution in [2.24, 2.45) is 5.92 Å². The Bertz CT molecular complexity index is 530. The molecular formula is C15H18ClNO3. The molecule has 0 bridgehead atoms. The van der Waals surface area contributed by atoms with Crippen LogP contribution in [0.5, 0.6) is 0 Å². The Hall–Kier alpha value is -1.55. The second-order valence-corrected chi connectivity index (χ2v) is 5.67. The normalized spacial score (nSPS) is 18.9. The van der Waals surface area contributed by atoms with E-state index in [9.17, 15) is 9.59 Å². The predicted octanol–water partition coefficient (Wildman–Crippen LogP) is 2.98. The maximum absolute atomic E-state index is 12.5. The van der Waals surface area contributed by atoms with E-state index < -0.39 is 5.97 Å². The van der Waals surface area contributed by atoms with Crippen molar-refractivity contribution in [2.75, 3.05) is 13.1 Å². The van der Waals surface area contributed by atoms with Gasteiger partial charge in [-0.3, -0.25) is 9.59 Å². The summed E-state index contributed by atoms with van der Waals surface area (Å²) in [5.74, 6) is -0.875. The number of hydrogen-bond donors (Lipinski definition) is 1. The first-order valence-corrected chi connectivity index (χ1v) is 7.13. The topological polar surface area (TPSA) is 57.6 Å². The van der Waals surface area contributed by atoms with Gasteiger partial charge in [-0.05, 0) is 37.3 Å². The smallest absolute Gasteiger partial charge is 0.303 e. The van der Waals surface area contributed by atoms with Gasteiger partial charge in [0.2, 0.25) is 0 Å². The minimum atomic E-state index is -0.808. The number of carboxylic acids is 1. The molecule has 1 aromatic rings. The van der Waals surface area contributed by atoms with Gasteiger partial charge in [0.15, 0.2) is 0 Å². The van der Waals surface area contributed by atoms with Gasteiger partial charge in [-0.1, -0.05) is 23.7 Å². The fourth-order valence-corrected chi connectivity index (χ4v) is 2.85. The summed E-state index contributed by atoms with van der Waals surface area (Å²) in [4.78, 5) is 25.0. The molecule has 0 spiro atoms. The van der Waals surface area contributed by atoms with E-state index >= 15 is 0 Å². The molecule has 1 aromatic carbocycles. The molecule has 1 aliphatic rings. The second kappa shape index (κ2) is 6.27. The van der Waals surface area contributed by atoms with Crippen LogP contribution in [0.25, 0.3) is 0 Å². The summed E-state index contributed by atoms with van der Waals surface area (Å²) in [5.41, 5.74) is 1.37. The second-order valence-electron chi connectivity index (χ2n) is 5.29. The van der Waals surface area contributed by atoms with Crippen molar-refractivity contribution in [3.05, 3.63) is 34.3 Å². The zero-order chi connectivity index (χ0) is 14.7. The minimum Gasteiger partial charge on any atom is -0.481 e. The quantitative estimate of drug-likeness (QED) is 0.932. The first-order chi connectivity index (χ1) is 9.49. The third-order valence-corrected chi connectivity index (χ3v) is 4.19. The maximum Gasteiger partial charge on any atom is 0.303 e. The number of aliphatic carboxylic acids is 1. The molecule has 108 valence electrons. The highest BCUT2D eigenvalue weighted by atomic mass is 35.5. The highest BCUT2D eigenvalue weighted by molar-refractivity contribution is 6.34. The molecule has 1 aliphatic heterocycles. The average Bonchev–Trinajstić information content (AvgIpc) is 2.41. The minimum absolute atomic E-state index is 0.0359. The van der Waals surface area contributed by atoms with Crippen molar-refractivity contribution in [3.8, 4) is 0 Å². The third kappa shape index (κ3) is 3.31. The monoisotopic (exact) mass is 295 g/mol. The summed E-state index contributed by atoms with van der Waals surface area (Å²) in [7, 11) is 0. The summed E-state index contributed by atoms with van der Waals surface area (Å²) < 4.78 is 0. The molecule has 4 nitrogen and oxygen atoms in total. The number of carboxylic acid groups (broad SMARTS) is 1. The Labute approximate surface area is 123 Å². The number of nitrogens with zero attached hydrogens (tertiary/aromatic N) is 1. The molecule has 0 radical (unpaired) electrons. The van der Waals surface area contributed by atoms with E-state index in [0.717, 1.165) is 18.4 Å². The fourth-order valence-electron chi connectivity index (χ4n) is 2.65. The Morgan fingerprint density at radius 3 is 2.90 bits per heavy atom. The Morgan fingerprint density at radius 1 is 1.45 bits per heavy atom. The SMILES string of the molecule is Cc1cccc(C(=O)N2CCCC(CC(=O)O)C2)c1Cl. The highest BCUT2D eigenvalue weighted by Crippen LogP contribution is 2.25. The van der Waals surface area contributed by atoms with Crippen LogP contribution in [0.3, 0.4) is 0 Å². The van der Waals surface area contributed by atoms with Gasteiger partial charge >= 0.3 is 5.97 Å². The summed E-state index contributed by atoms with van der Waals surface area (Å²) in [6.45, 7) is 3.02. The summed E-state index contributed by atoms with van der Waals surface area (Å²) in [6.07, 6.45) is 1.82. The number of carbonyl (C=O) groups excluding carboxylic acids is 1. The van der Waals surface area contributed by atoms with Crippen molar-refractivity contribution in [2.45, 2.75) is 26.2 Å². The van der Waals surface area contributed by atoms with Gasteiger partial charge < -0.3 is 10.0 Å². The lowest BCUT2D eigenvalue weighted by Gasteiger charge is -2.32. The lowest BCUT2D eigenvalue weighted by Crippen LogP contribution is -2.40. The van der Waals surface area contributed by atoms with E-state index in [2.05, 4.69) is 0 Å². The number of likely N-dealkylation sites (tertiary alicyclic amines) is 1. The van der Waals surface area contributed by atoms with Crippen LogP contribution in [0.2, 0.25) is 5.02 Å². The molecule has 1 atom stereocenters. The van der Waals surface area contributed by atoms with Gasteiger partial charge in [-0.15, -0.1) is 0 Å². The molecule has 1 unspecified atom stereocenters. The fraction of sp³-hybridized carbons (Fsp3) is 0.467. The van der Waals surface area contributed by atoms with Crippen LogP contribution in [0.4, 0.5) is 0 Å². The van der Waals surface area contributed by atoms with Crippen molar-refractivity contribution in [1.29, 1.82) is 0 Å². The van der Waals surface area contributed by atoms with Gasteiger partial charge in [-0.25, -0.2) is 0 Å². The number of benzene rings is 1.